The first kappa shape index (κ1) is 12.3. The third-order valence-corrected chi connectivity index (χ3v) is 1.33. The maximum absolute atomic E-state index is 3.13. The SMILES string of the molecule is CC.CC#CC(CC)CC. The maximum Gasteiger partial charge on any atom is 0.0197 e. The lowest BCUT2D eigenvalue weighted by Crippen LogP contribution is -1.89. The molecule has 0 heteroatoms. The molecule has 0 N–H and O–H groups in total. The van der Waals surface area contributed by atoms with Crippen LogP contribution in [0.15, 0.2) is 0 Å². The van der Waals surface area contributed by atoms with Gasteiger partial charge in [0.25, 0.3) is 0 Å². The lowest BCUT2D eigenvalue weighted by molar-refractivity contribution is 0.627. The Labute approximate surface area is 66.0 Å². The second kappa shape index (κ2) is 11.4. The van der Waals surface area contributed by atoms with Crippen molar-refractivity contribution in [3.63, 3.8) is 0 Å². The van der Waals surface area contributed by atoms with Crippen LogP contribution in [0.25, 0.3) is 0 Å². The third-order valence-electron chi connectivity index (χ3n) is 1.33. The van der Waals surface area contributed by atoms with Crippen molar-refractivity contribution in [2.75, 3.05) is 0 Å². The molecule has 0 aromatic heterocycles. The van der Waals surface area contributed by atoms with Gasteiger partial charge >= 0.3 is 0 Å². The fourth-order valence-corrected chi connectivity index (χ4v) is 0.697. The first-order chi connectivity index (χ1) is 4.85. The Hall–Kier alpha value is -0.440. The predicted molar refractivity (Wildman–Crippen MR) is 48.9 cm³/mol. The van der Waals surface area contributed by atoms with Gasteiger partial charge in [0.2, 0.25) is 0 Å². The summed E-state index contributed by atoms with van der Waals surface area (Å²) in [6.45, 7) is 10.3. The summed E-state index contributed by atoms with van der Waals surface area (Å²) in [6, 6.07) is 0. The van der Waals surface area contributed by atoms with Gasteiger partial charge in [-0.3, -0.25) is 0 Å². The van der Waals surface area contributed by atoms with Crippen LogP contribution < -0.4 is 0 Å². The molecule has 0 rings (SSSR count). The average Bonchev–Trinajstić information content (AvgIpc) is 2.04. The molecular formula is C10H20. The molecule has 10 heavy (non-hydrogen) atoms. The van der Waals surface area contributed by atoms with Crippen LogP contribution in [-0.2, 0) is 0 Å². The second-order valence-electron chi connectivity index (χ2n) is 1.91. The number of hydrogen-bond donors (Lipinski definition) is 0. The molecule has 0 radical (unpaired) electrons. The fraction of sp³-hybridized carbons (Fsp3) is 0.800. The molecule has 0 aromatic carbocycles. The van der Waals surface area contributed by atoms with Gasteiger partial charge in [0.1, 0.15) is 0 Å². The molecule has 0 aliphatic carbocycles. The molecule has 0 nitrogen and oxygen atoms in total. The van der Waals surface area contributed by atoms with E-state index in [4.69, 9.17) is 0 Å². The summed E-state index contributed by atoms with van der Waals surface area (Å²) < 4.78 is 0. The van der Waals surface area contributed by atoms with E-state index < -0.39 is 0 Å². The molecule has 0 aliphatic rings. The van der Waals surface area contributed by atoms with Crippen LogP contribution in [0.5, 0.6) is 0 Å². The van der Waals surface area contributed by atoms with Crippen molar-refractivity contribution in [1.82, 2.24) is 0 Å². The summed E-state index contributed by atoms with van der Waals surface area (Å²) in [5.74, 6) is 6.69. The van der Waals surface area contributed by atoms with E-state index in [9.17, 15) is 0 Å². The first-order valence-corrected chi connectivity index (χ1v) is 4.27. The Balaban J connectivity index is 0. The Kier molecular flexibility index (Phi) is 13.9. The van der Waals surface area contributed by atoms with E-state index in [0.29, 0.717) is 5.92 Å². The molecule has 0 bridgehead atoms. The topological polar surface area (TPSA) is 0 Å². The van der Waals surface area contributed by atoms with E-state index in [1.165, 1.54) is 12.8 Å². The zero-order valence-electron chi connectivity index (χ0n) is 7.99. The molecule has 0 amide bonds. The molecule has 0 saturated carbocycles. The van der Waals surface area contributed by atoms with Crippen LogP contribution in [0, 0.1) is 17.8 Å². The summed E-state index contributed by atoms with van der Waals surface area (Å²) >= 11 is 0. The highest BCUT2D eigenvalue weighted by Gasteiger charge is 1.93. The van der Waals surface area contributed by atoms with E-state index in [0.717, 1.165) is 0 Å². The van der Waals surface area contributed by atoms with E-state index in [2.05, 4.69) is 25.7 Å². The van der Waals surface area contributed by atoms with Crippen LogP contribution in [0.4, 0.5) is 0 Å². The van der Waals surface area contributed by atoms with Crippen molar-refractivity contribution in [2.24, 2.45) is 5.92 Å². The predicted octanol–water partition coefficient (Wildman–Crippen LogP) is 3.47. The van der Waals surface area contributed by atoms with E-state index in [1.807, 2.05) is 20.8 Å². The summed E-state index contributed by atoms with van der Waals surface area (Å²) in [5.41, 5.74) is 0. The van der Waals surface area contributed by atoms with Gasteiger partial charge in [-0.2, -0.15) is 0 Å². The standard InChI is InChI=1S/C8H14.C2H6/c1-4-7-8(5-2)6-3;1-2/h8H,5-6H2,1-3H3;1-2H3. The molecule has 0 fully saturated rings. The van der Waals surface area contributed by atoms with Crippen LogP contribution in [0.2, 0.25) is 0 Å². The molecule has 60 valence electrons. The second-order valence-corrected chi connectivity index (χ2v) is 1.91. The van der Waals surface area contributed by atoms with E-state index >= 15 is 0 Å². The fourth-order valence-electron chi connectivity index (χ4n) is 0.697. The van der Waals surface area contributed by atoms with Gasteiger partial charge in [0.15, 0.2) is 0 Å². The largest absolute Gasteiger partial charge is 0.106 e. The smallest absolute Gasteiger partial charge is 0.0197 e. The minimum Gasteiger partial charge on any atom is -0.106 e. The normalized spacial score (nSPS) is 7.40. The van der Waals surface area contributed by atoms with Crippen molar-refractivity contribution < 1.29 is 0 Å². The zero-order chi connectivity index (χ0) is 8.41. The lowest BCUT2D eigenvalue weighted by Gasteiger charge is -1.99. The molecule has 0 aromatic rings. The lowest BCUT2D eigenvalue weighted by atomic mass is 10.1. The van der Waals surface area contributed by atoms with Gasteiger partial charge in [0, 0.05) is 5.92 Å². The minimum atomic E-state index is 0.639. The molecular weight excluding hydrogens is 120 g/mol. The Morgan fingerprint density at radius 3 is 1.60 bits per heavy atom. The van der Waals surface area contributed by atoms with Gasteiger partial charge in [-0.25, -0.2) is 0 Å². The highest BCUT2D eigenvalue weighted by Crippen LogP contribution is 2.03. The maximum atomic E-state index is 3.13. The van der Waals surface area contributed by atoms with E-state index in [-0.39, 0.29) is 0 Å². The summed E-state index contributed by atoms with van der Waals surface area (Å²) in [6.07, 6.45) is 2.38. The van der Waals surface area contributed by atoms with Crippen molar-refractivity contribution in [3.8, 4) is 11.8 Å². The highest BCUT2D eigenvalue weighted by molar-refractivity contribution is 4.99. The summed E-state index contributed by atoms with van der Waals surface area (Å²) in [7, 11) is 0. The van der Waals surface area contributed by atoms with Crippen molar-refractivity contribution in [3.05, 3.63) is 0 Å². The minimum absolute atomic E-state index is 0.639. The van der Waals surface area contributed by atoms with Gasteiger partial charge in [-0.05, 0) is 19.8 Å². The average molecular weight is 140 g/mol. The van der Waals surface area contributed by atoms with Crippen LogP contribution in [-0.4, -0.2) is 0 Å². The number of hydrogen-bond acceptors (Lipinski definition) is 0. The van der Waals surface area contributed by atoms with Crippen LogP contribution >= 0.6 is 0 Å². The van der Waals surface area contributed by atoms with Crippen molar-refractivity contribution >= 4 is 0 Å². The Morgan fingerprint density at radius 2 is 1.50 bits per heavy atom. The molecule has 0 saturated heterocycles. The van der Waals surface area contributed by atoms with Crippen molar-refractivity contribution in [1.29, 1.82) is 0 Å². The number of rotatable bonds is 2. The summed E-state index contributed by atoms with van der Waals surface area (Å²) in [5, 5.41) is 0. The van der Waals surface area contributed by atoms with Gasteiger partial charge in [-0.1, -0.05) is 27.7 Å². The first-order valence-electron chi connectivity index (χ1n) is 4.27. The zero-order valence-corrected chi connectivity index (χ0v) is 7.99. The van der Waals surface area contributed by atoms with Crippen molar-refractivity contribution in [2.45, 2.75) is 47.5 Å². The Morgan fingerprint density at radius 1 is 1.10 bits per heavy atom. The molecule has 0 unspecified atom stereocenters. The summed E-state index contributed by atoms with van der Waals surface area (Å²) in [4.78, 5) is 0. The van der Waals surface area contributed by atoms with Gasteiger partial charge in [-0.15, -0.1) is 11.8 Å². The Bertz CT molecular complexity index is 88.3. The monoisotopic (exact) mass is 140 g/mol. The molecule has 0 heterocycles. The molecule has 0 spiro atoms. The van der Waals surface area contributed by atoms with Gasteiger partial charge in [0.05, 0.1) is 0 Å². The molecule has 0 atom stereocenters. The van der Waals surface area contributed by atoms with Gasteiger partial charge < -0.3 is 0 Å². The third kappa shape index (κ3) is 7.56. The van der Waals surface area contributed by atoms with E-state index in [1.54, 1.807) is 0 Å². The molecule has 0 aliphatic heterocycles. The highest BCUT2D eigenvalue weighted by atomic mass is 14.0. The van der Waals surface area contributed by atoms with Crippen LogP contribution in [0.3, 0.4) is 0 Å². The quantitative estimate of drug-likeness (QED) is 0.515. The van der Waals surface area contributed by atoms with Crippen LogP contribution in [0.1, 0.15) is 47.5 Å².